The normalized spacial score (nSPS) is 10.6. The Morgan fingerprint density at radius 1 is 1.29 bits per heavy atom. The number of H-pyrrole nitrogens is 1. The summed E-state index contributed by atoms with van der Waals surface area (Å²) in [6.07, 6.45) is -0.137. The fourth-order valence-corrected chi connectivity index (χ4v) is 3.44. The monoisotopic (exact) mass is 452 g/mol. The molecule has 1 aromatic heterocycles. The van der Waals surface area contributed by atoms with Gasteiger partial charge >= 0.3 is 5.97 Å². The number of ether oxygens (including phenoxy) is 1. The maximum absolute atomic E-state index is 14.1. The maximum atomic E-state index is 14.1. The highest BCUT2D eigenvalue weighted by Crippen LogP contribution is 2.22. The molecule has 150 valence electrons. The third-order valence-electron chi connectivity index (χ3n) is 4.50. The molecule has 6 nitrogen and oxygen atoms in total. The van der Waals surface area contributed by atoms with E-state index in [4.69, 9.17) is 4.74 Å². The molecule has 0 saturated heterocycles. The lowest BCUT2D eigenvalue weighted by Crippen LogP contribution is -2.32. The van der Waals surface area contributed by atoms with Gasteiger partial charge in [0.15, 0.2) is 5.78 Å². The van der Waals surface area contributed by atoms with E-state index < -0.39 is 11.8 Å². The largest absolute Gasteiger partial charge is 0.465 e. The summed E-state index contributed by atoms with van der Waals surface area (Å²) in [7, 11) is 1.24. The Morgan fingerprint density at radius 2 is 1.96 bits per heavy atom. The second-order valence-electron chi connectivity index (χ2n) is 6.35. The minimum atomic E-state index is -0.620. The summed E-state index contributed by atoms with van der Waals surface area (Å²) >= 11 is 3.30. The van der Waals surface area contributed by atoms with Crippen LogP contribution >= 0.6 is 15.9 Å². The predicted molar refractivity (Wildman–Crippen MR) is 106 cm³/mol. The van der Waals surface area contributed by atoms with Gasteiger partial charge in [-0.2, -0.15) is 0 Å². The van der Waals surface area contributed by atoms with E-state index in [1.54, 1.807) is 26.0 Å². The van der Waals surface area contributed by atoms with Crippen molar-refractivity contribution in [2.75, 3.05) is 13.7 Å². The van der Waals surface area contributed by atoms with E-state index in [0.717, 1.165) is 0 Å². The standard InChI is InChI=1S/C20H22BrFN2O4/c1-5-24(10-13-8-14(21)6-7-15(13)22)17(26)9-16-18(20(27)28-4)11(2)19(23-16)12(3)25/h6-8,23H,5,9-10H2,1-4H3. The number of hydrogen-bond acceptors (Lipinski definition) is 4. The van der Waals surface area contributed by atoms with Crippen molar-refractivity contribution in [3.8, 4) is 0 Å². The summed E-state index contributed by atoms with van der Waals surface area (Å²) in [4.78, 5) is 41.1. The number of nitrogens with zero attached hydrogens (tertiary/aromatic N) is 1. The highest BCUT2D eigenvalue weighted by Gasteiger charge is 2.26. The molecule has 0 spiro atoms. The number of aromatic amines is 1. The molecule has 1 aromatic carbocycles. The third kappa shape index (κ3) is 4.67. The number of Topliss-reactive ketones (excluding diaryl/α,β-unsaturated/α-hetero) is 1. The quantitative estimate of drug-likeness (QED) is 0.511. The Hall–Kier alpha value is -2.48. The Morgan fingerprint density at radius 3 is 2.54 bits per heavy atom. The summed E-state index contributed by atoms with van der Waals surface area (Å²) in [6.45, 7) is 5.24. The summed E-state index contributed by atoms with van der Waals surface area (Å²) in [6, 6.07) is 4.54. The first-order chi connectivity index (χ1) is 13.2. The van der Waals surface area contributed by atoms with Crippen molar-refractivity contribution in [1.29, 1.82) is 0 Å². The zero-order chi connectivity index (χ0) is 21.0. The fraction of sp³-hybridized carbons (Fsp3) is 0.350. The van der Waals surface area contributed by atoms with Crippen LogP contribution in [0.3, 0.4) is 0 Å². The van der Waals surface area contributed by atoms with Gasteiger partial charge in [-0.15, -0.1) is 0 Å². The summed E-state index contributed by atoms with van der Waals surface area (Å²) in [5.74, 6) is -1.57. The molecule has 28 heavy (non-hydrogen) atoms. The molecule has 1 N–H and O–H groups in total. The molecular formula is C20H22BrFN2O4. The van der Waals surface area contributed by atoms with E-state index in [-0.39, 0.29) is 35.9 Å². The van der Waals surface area contributed by atoms with Gasteiger partial charge in [-0.05, 0) is 37.6 Å². The summed E-state index contributed by atoms with van der Waals surface area (Å²) in [5.41, 5.74) is 1.59. The molecule has 0 fully saturated rings. The number of carbonyl (C=O) groups is 3. The molecule has 0 bridgehead atoms. The Labute approximate surface area is 171 Å². The molecule has 1 heterocycles. The molecule has 2 rings (SSSR count). The van der Waals surface area contributed by atoms with Crippen molar-refractivity contribution in [2.24, 2.45) is 0 Å². The number of benzene rings is 1. The van der Waals surface area contributed by atoms with Crippen LogP contribution in [0, 0.1) is 12.7 Å². The minimum Gasteiger partial charge on any atom is -0.465 e. The van der Waals surface area contributed by atoms with Gasteiger partial charge < -0.3 is 14.6 Å². The summed E-state index contributed by atoms with van der Waals surface area (Å²) < 4.78 is 19.6. The van der Waals surface area contributed by atoms with Crippen molar-refractivity contribution in [3.63, 3.8) is 0 Å². The zero-order valence-electron chi connectivity index (χ0n) is 16.2. The van der Waals surface area contributed by atoms with Crippen LogP contribution in [0.4, 0.5) is 4.39 Å². The molecular weight excluding hydrogens is 431 g/mol. The highest BCUT2D eigenvalue weighted by atomic mass is 79.9. The molecule has 0 aliphatic heterocycles. The second kappa shape index (κ2) is 9.14. The van der Waals surface area contributed by atoms with E-state index in [1.165, 1.54) is 25.0 Å². The van der Waals surface area contributed by atoms with E-state index in [9.17, 15) is 18.8 Å². The maximum Gasteiger partial charge on any atom is 0.339 e. The van der Waals surface area contributed by atoms with Gasteiger partial charge in [0, 0.05) is 35.7 Å². The van der Waals surface area contributed by atoms with Crippen LogP contribution < -0.4 is 0 Å². The van der Waals surface area contributed by atoms with Gasteiger partial charge in [0.05, 0.1) is 24.8 Å². The SMILES string of the molecule is CCN(Cc1cc(Br)ccc1F)C(=O)Cc1[nH]c(C(C)=O)c(C)c1C(=O)OC. The van der Waals surface area contributed by atoms with Crippen molar-refractivity contribution in [3.05, 3.63) is 56.6 Å². The lowest BCUT2D eigenvalue weighted by Gasteiger charge is -2.21. The van der Waals surface area contributed by atoms with Crippen molar-refractivity contribution in [2.45, 2.75) is 33.7 Å². The number of likely N-dealkylation sites (N-methyl/N-ethyl adjacent to an activating group) is 1. The number of halogens is 2. The molecule has 0 aliphatic carbocycles. The number of rotatable bonds is 7. The number of methoxy groups -OCH3 is 1. The van der Waals surface area contributed by atoms with E-state index in [2.05, 4.69) is 20.9 Å². The number of carbonyl (C=O) groups excluding carboxylic acids is 3. The minimum absolute atomic E-state index is 0.0907. The number of ketones is 1. The topological polar surface area (TPSA) is 79.5 Å². The number of nitrogens with one attached hydrogen (secondary N) is 1. The Bertz CT molecular complexity index is 923. The van der Waals surface area contributed by atoms with Crippen LogP contribution in [0.5, 0.6) is 0 Å². The molecule has 0 unspecified atom stereocenters. The fourth-order valence-electron chi connectivity index (χ4n) is 3.03. The second-order valence-corrected chi connectivity index (χ2v) is 7.26. The van der Waals surface area contributed by atoms with Crippen LogP contribution in [0.15, 0.2) is 22.7 Å². The number of esters is 1. The van der Waals surface area contributed by atoms with Crippen molar-refractivity contribution in [1.82, 2.24) is 9.88 Å². The lowest BCUT2D eigenvalue weighted by atomic mass is 10.1. The molecule has 8 heteroatoms. The molecule has 0 saturated carbocycles. The molecule has 0 aliphatic rings. The van der Waals surface area contributed by atoms with Crippen molar-refractivity contribution < 1.29 is 23.5 Å². The van der Waals surface area contributed by atoms with Crippen LogP contribution in [-0.2, 0) is 22.5 Å². The predicted octanol–water partition coefficient (Wildman–Crippen LogP) is 3.81. The van der Waals surface area contributed by atoms with Gasteiger partial charge in [0.2, 0.25) is 5.91 Å². The van der Waals surface area contributed by atoms with Gasteiger partial charge in [-0.25, -0.2) is 9.18 Å². The van der Waals surface area contributed by atoms with Crippen LogP contribution in [0.25, 0.3) is 0 Å². The molecule has 0 radical (unpaired) electrons. The highest BCUT2D eigenvalue weighted by molar-refractivity contribution is 9.10. The van der Waals surface area contributed by atoms with Crippen LogP contribution in [0.1, 0.15) is 51.5 Å². The number of hydrogen-bond donors (Lipinski definition) is 1. The number of amides is 1. The van der Waals surface area contributed by atoms with Crippen LogP contribution in [-0.4, -0.2) is 41.2 Å². The van der Waals surface area contributed by atoms with Gasteiger partial charge in [0.1, 0.15) is 5.82 Å². The molecule has 0 atom stereocenters. The van der Waals surface area contributed by atoms with Gasteiger partial charge in [-0.1, -0.05) is 15.9 Å². The summed E-state index contributed by atoms with van der Waals surface area (Å²) in [5, 5.41) is 0. The molecule has 1 amide bonds. The Balaban J connectivity index is 2.31. The van der Waals surface area contributed by atoms with Crippen molar-refractivity contribution >= 4 is 33.6 Å². The third-order valence-corrected chi connectivity index (χ3v) is 4.99. The lowest BCUT2D eigenvalue weighted by molar-refractivity contribution is -0.130. The smallest absolute Gasteiger partial charge is 0.339 e. The van der Waals surface area contributed by atoms with E-state index in [1.807, 2.05) is 0 Å². The first kappa shape index (κ1) is 21.8. The number of aromatic nitrogens is 1. The first-order valence-electron chi connectivity index (χ1n) is 8.71. The van der Waals surface area contributed by atoms with E-state index >= 15 is 0 Å². The average molecular weight is 453 g/mol. The molecule has 2 aromatic rings. The first-order valence-corrected chi connectivity index (χ1v) is 9.51. The van der Waals surface area contributed by atoms with Gasteiger partial charge in [0.25, 0.3) is 0 Å². The zero-order valence-corrected chi connectivity index (χ0v) is 17.8. The van der Waals surface area contributed by atoms with Crippen LogP contribution in [0.2, 0.25) is 0 Å². The Kier molecular flexibility index (Phi) is 7.12. The average Bonchev–Trinajstić information content (AvgIpc) is 2.97. The van der Waals surface area contributed by atoms with Gasteiger partial charge in [-0.3, -0.25) is 9.59 Å². The van der Waals surface area contributed by atoms with E-state index in [0.29, 0.717) is 27.8 Å².